The number of hydrogen-bond acceptors (Lipinski definition) is 5. The topological polar surface area (TPSA) is 38.2 Å². The van der Waals surface area contributed by atoms with Crippen molar-refractivity contribution in [1.29, 1.82) is 0 Å². The van der Waals surface area contributed by atoms with Gasteiger partial charge in [-0.25, -0.2) is 4.98 Å². The average molecular weight is 213 g/mol. The number of aromatic nitrogens is 2. The molecule has 0 spiro atoms. The summed E-state index contributed by atoms with van der Waals surface area (Å²) in [5.74, 6) is 0.858. The van der Waals surface area contributed by atoms with Crippen LogP contribution in [0.4, 0.5) is 5.13 Å². The summed E-state index contributed by atoms with van der Waals surface area (Å²) in [6.07, 6.45) is 0.561. The predicted octanol–water partition coefficient (Wildman–Crippen LogP) is 1.46. The van der Waals surface area contributed by atoms with Gasteiger partial charge in [-0.2, -0.15) is 4.37 Å². The summed E-state index contributed by atoms with van der Waals surface area (Å²) in [6, 6.07) is 0. The number of anilines is 1. The van der Waals surface area contributed by atoms with Crippen LogP contribution < -0.4 is 4.90 Å². The summed E-state index contributed by atoms with van der Waals surface area (Å²) >= 11 is 1.47. The zero-order valence-corrected chi connectivity index (χ0v) is 9.54. The van der Waals surface area contributed by atoms with E-state index in [0.29, 0.717) is 0 Å². The van der Waals surface area contributed by atoms with Gasteiger partial charge in [0.15, 0.2) is 0 Å². The lowest BCUT2D eigenvalue weighted by Gasteiger charge is -2.34. The fourth-order valence-corrected chi connectivity index (χ4v) is 2.44. The molecule has 78 valence electrons. The van der Waals surface area contributed by atoms with Crippen molar-refractivity contribution < 1.29 is 4.74 Å². The second-order valence-corrected chi connectivity index (χ2v) is 4.52. The molecule has 1 fully saturated rings. The highest BCUT2D eigenvalue weighted by Crippen LogP contribution is 2.21. The van der Waals surface area contributed by atoms with Crippen molar-refractivity contribution in [3.05, 3.63) is 5.82 Å². The smallest absolute Gasteiger partial charge is 0.205 e. The Kier molecular flexibility index (Phi) is 2.69. The molecule has 2 rings (SSSR count). The fraction of sp³-hybridized carbons (Fsp3) is 0.778. The van der Waals surface area contributed by atoms with E-state index in [4.69, 9.17) is 4.74 Å². The van der Waals surface area contributed by atoms with Crippen LogP contribution in [0.2, 0.25) is 0 Å². The van der Waals surface area contributed by atoms with Crippen LogP contribution in [0.5, 0.6) is 0 Å². The van der Waals surface area contributed by atoms with Gasteiger partial charge in [0.2, 0.25) is 5.13 Å². The molecule has 1 saturated heterocycles. The largest absolute Gasteiger partial charge is 0.372 e. The molecule has 2 heterocycles. The second kappa shape index (κ2) is 3.82. The van der Waals surface area contributed by atoms with Gasteiger partial charge in [0, 0.05) is 24.6 Å². The standard InChI is InChI=1S/C9H15N3OS/c1-6-4-12(5-7(2)13-6)9-10-8(3)11-14-9/h6-7H,4-5H2,1-3H3/t6-,7-/m0/s1. The first-order chi connectivity index (χ1) is 6.65. The van der Waals surface area contributed by atoms with E-state index in [1.54, 1.807) is 0 Å². The van der Waals surface area contributed by atoms with Crippen molar-refractivity contribution in [3.63, 3.8) is 0 Å². The Labute approximate surface area is 88.1 Å². The van der Waals surface area contributed by atoms with Crippen molar-refractivity contribution >= 4 is 16.7 Å². The molecule has 0 aromatic carbocycles. The molecule has 0 aliphatic carbocycles. The molecule has 14 heavy (non-hydrogen) atoms. The molecule has 0 bridgehead atoms. The maximum absolute atomic E-state index is 5.66. The van der Waals surface area contributed by atoms with Crippen LogP contribution in [-0.2, 0) is 4.74 Å². The first-order valence-electron chi connectivity index (χ1n) is 4.86. The summed E-state index contributed by atoms with van der Waals surface area (Å²) < 4.78 is 9.85. The summed E-state index contributed by atoms with van der Waals surface area (Å²) in [5.41, 5.74) is 0. The molecule has 0 N–H and O–H groups in total. The van der Waals surface area contributed by atoms with E-state index in [9.17, 15) is 0 Å². The van der Waals surface area contributed by atoms with Gasteiger partial charge in [-0.1, -0.05) is 0 Å². The number of hydrogen-bond donors (Lipinski definition) is 0. The lowest BCUT2D eigenvalue weighted by molar-refractivity contribution is -0.00523. The van der Waals surface area contributed by atoms with Crippen molar-refractivity contribution in [3.8, 4) is 0 Å². The van der Waals surface area contributed by atoms with Gasteiger partial charge in [-0.05, 0) is 20.8 Å². The van der Waals surface area contributed by atoms with Crippen molar-refractivity contribution in [2.45, 2.75) is 33.0 Å². The zero-order valence-electron chi connectivity index (χ0n) is 8.73. The van der Waals surface area contributed by atoms with Crippen LogP contribution in [0.3, 0.4) is 0 Å². The monoisotopic (exact) mass is 213 g/mol. The van der Waals surface area contributed by atoms with Crippen LogP contribution >= 0.6 is 11.5 Å². The minimum atomic E-state index is 0.281. The number of morpholine rings is 1. The summed E-state index contributed by atoms with van der Waals surface area (Å²) in [5, 5.41) is 1.02. The maximum atomic E-state index is 5.66. The van der Waals surface area contributed by atoms with Crippen LogP contribution in [0.15, 0.2) is 0 Å². The van der Waals surface area contributed by atoms with E-state index in [0.717, 1.165) is 24.0 Å². The quantitative estimate of drug-likeness (QED) is 0.708. The lowest BCUT2D eigenvalue weighted by Crippen LogP contribution is -2.45. The second-order valence-electron chi connectivity index (χ2n) is 3.79. The predicted molar refractivity (Wildman–Crippen MR) is 56.9 cm³/mol. The third kappa shape index (κ3) is 2.04. The van der Waals surface area contributed by atoms with Crippen LogP contribution in [0.25, 0.3) is 0 Å². The molecule has 1 aromatic rings. The minimum Gasteiger partial charge on any atom is -0.372 e. The molecule has 0 radical (unpaired) electrons. The molecule has 0 saturated carbocycles. The van der Waals surface area contributed by atoms with Gasteiger partial charge < -0.3 is 9.64 Å². The SMILES string of the molecule is Cc1nsc(N2C[C@H](C)O[C@@H](C)C2)n1. The molecule has 1 aliphatic heterocycles. The van der Waals surface area contributed by atoms with E-state index < -0.39 is 0 Å². The Hall–Kier alpha value is -0.680. The van der Waals surface area contributed by atoms with Crippen molar-refractivity contribution in [2.75, 3.05) is 18.0 Å². The Bertz CT molecular complexity index is 305. The van der Waals surface area contributed by atoms with E-state index in [-0.39, 0.29) is 12.2 Å². The van der Waals surface area contributed by atoms with Gasteiger partial charge in [-0.15, -0.1) is 0 Å². The number of nitrogens with zero attached hydrogens (tertiary/aromatic N) is 3. The number of rotatable bonds is 1. The molecular formula is C9H15N3OS. The van der Waals surface area contributed by atoms with Crippen LogP contribution in [0.1, 0.15) is 19.7 Å². The van der Waals surface area contributed by atoms with E-state index in [1.165, 1.54) is 11.5 Å². The maximum Gasteiger partial charge on any atom is 0.205 e. The van der Waals surface area contributed by atoms with Gasteiger partial charge in [0.25, 0.3) is 0 Å². The van der Waals surface area contributed by atoms with Gasteiger partial charge >= 0.3 is 0 Å². The first-order valence-corrected chi connectivity index (χ1v) is 5.63. The molecule has 1 aliphatic rings. The molecule has 0 unspecified atom stereocenters. The molecule has 1 aromatic heterocycles. The molecular weight excluding hydrogens is 198 g/mol. The fourth-order valence-electron chi connectivity index (χ4n) is 1.75. The van der Waals surface area contributed by atoms with Gasteiger partial charge in [-0.3, -0.25) is 0 Å². The van der Waals surface area contributed by atoms with E-state index >= 15 is 0 Å². The average Bonchev–Trinajstić information content (AvgIpc) is 2.50. The van der Waals surface area contributed by atoms with Crippen LogP contribution in [-0.4, -0.2) is 34.7 Å². The summed E-state index contributed by atoms with van der Waals surface area (Å²) in [6.45, 7) is 7.94. The highest BCUT2D eigenvalue weighted by atomic mass is 32.1. The third-order valence-electron chi connectivity index (χ3n) is 2.21. The summed E-state index contributed by atoms with van der Waals surface area (Å²) in [7, 11) is 0. The van der Waals surface area contributed by atoms with E-state index in [1.807, 2.05) is 6.92 Å². The summed E-state index contributed by atoms with van der Waals surface area (Å²) in [4.78, 5) is 6.63. The number of ether oxygens (including phenoxy) is 1. The molecule has 4 nitrogen and oxygen atoms in total. The molecule has 5 heteroatoms. The molecule has 2 atom stereocenters. The first kappa shape index (κ1) is 9.86. The zero-order chi connectivity index (χ0) is 10.1. The molecule has 0 amide bonds. The van der Waals surface area contributed by atoms with Gasteiger partial charge in [0.05, 0.1) is 12.2 Å². The lowest BCUT2D eigenvalue weighted by atomic mass is 10.2. The van der Waals surface area contributed by atoms with Gasteiger partial charge in [0.1, 0.15) is 5.82 Å². The Morgan fingerprint density at radius 3 is 2.50 bits per heavy atom. The highest BCUT2D eigenvalue weighted by molar-refractivity contribution is 7.09. The van der Waals surface area contributed by atoms with Crippen molar-refractivity contribution in [1.82, 2.24) is 9.36 Å². The van der Waals surface area contributed by atoms with E-state index in [2.05, 4.69) is 28.1 Å². The number of aryl methyl sites for hydroxylation is 1. The van der Waals surface area contributed by atoms with Crippen molar-refractivity contribution in [2.24, 2.45) is 0 Å². The third-order valence-corrected chi connectivity index (χ3v) is 3.08. The Morgan fingerprint density at radius 1 is 1.36 bits per heavy atom. The normalized spacial score (nSPS) is 28.1. The minimum absolute atomic E-state index is 0.281. The Morgan fingerprint density at radius 2 is 2.00 bits per heavy atom. The highest BCUT2D eigenvalue weighted by Gasteiger charge is 2.24. The van der Waals surface area contributed by atoms with Crippen LogP contribution in [0, 0.1) is 6.92 Å². The Balaban J connectivity index is 2.10.